The molecule has 0 spiro atoms. The van der Waals surface area contributed by atoms with Crippen LogP contribution < -0.4 is 21.7 Å². The number of carbonyl (C=O) groups is 1. The van der Waals surface area contributed by atoms with Crippen LogP contribution in [0.2, 0.25) is 0 Å². The second-order valence-electron chi connectivity index (χ2n) is 4.67. The number of hydrogen-bond acceptors (Lipinski definition) is 12. The normalized spacial score (nSPS) is 11.2. The number of aromatic carboxylic acids is 1. The Morgan fingerprint density at radius 1 is 1.04 bits per heavy atom. The summed E-state index contributed by atoms with van der Waals surface area (Å²) in [5, 5.41) is 22.7. The number of nitrogens with zero attached hydrogens (tertiary/aromatic N) is 5. The fraction of sp³-hybridized carbons (Fsp3) is 0.400. The second-order valence-corrected chi connectivity index (χ2v) is 6.24. The molecule has 0 fully saturated rings. The lowest BCUT2D eigenvalue weighted by Crippen LogP contribution is -2.19. The van der Waals surface area contributed by atoms with Crippen LogP contribution in [-0.4, -0.2) is 79.6 Å². The standard InChI is InChI=1S/C10H16N10O5S/c11-1-2-12-7-15-8(13-3-4-26(23,24)25)17-9(16-7)18-10-14-5(6(21)22)19-20-10/h1-4,11H2,(H,21,22)(H,23,24,25)(H4,12,13,14,15,16,17,18,19,20). The molecule has 0 aliphatic heterocycles. The first-order valence-corrected chi connectivity index (χ1v) is 8.69. The van der Waals surface area contributed by atoms with Gasteiger partial charge in [-0.2, -0.15) is 28.4 Å². The third-order valence-electron chi connectivity index (χ3n) is 2.62. The lowest BCUT2D eigenvalue weighted by Gasteiger charge is -2.09. The maximum Gasteiger partial charge on any atom is 0.373 e. The zero-order chi connectivity index (χ0) is 19.2. The molecule has 0 bridgehead atoms. The summed E-state index contributed by atoms with van der Waals surface area (Å²) in [7, 11) is -4.14. The van der Waals surface area contributed by atoms with Crippen molar-refractivity contribution >= 4 is 39.9 Å². The van der Waals surface area contributed by atoms with Gasteiger partial charge < -0.3 is 21.5 Å². The molecule has 0 radical (unpaired) electrons. The molecule has 0 amide bonds. The van der Waals surface area contributed by atoms with Gasteiger partial charge in [-0.15, -0.1) is 5.10 Å². The van der Waals surface area contributed by atoms with Gasteiger partial charge in [0, 0.05) is 19.6 Å². The minimum atomic E-state index is -4.14. The van der Waals surface area contributed by atoms with Crippen LogP contribution in [-0.2, 0) is 10.1 Å². The van der Waals surface area contributed by atoms with Crippen molar-refractivity contribution < 1.29 is 22.9 Å². The summed E-state index contributed by atoms with van der Waals surface area (Å²) in [6.45, 7) is 0.517. The molecule has 2 rings (SSSR count). The average molecular weight is 388 g/mol. The SMILES string of the molecule is NCCNc1nc(NCCS(=O)(=O)O)nc(Nc2n[nH]c(C(=O)O)n2)n1. The number of aromatic nitrogens is 6. The lowest BCUT2D eigenvalue weighted by molar-refractivity contribution is 0.0684. The molecule has 2 aromatic heterocycles. The molecule has 2 heterocycles. The van der Waals surface area contributed by atoms with Gasteiger partial charge in [-0.3, -0.25) is 15.0 Å². The van der Waals surface area contributed by atoms with Crippen molar-refractivity contribution in [2.75, 3.05) is 41.3 Å². The summed E-state index contributed by atoms with van der Waals surface area (Å²) in [6.07, 6.45) is 0. The molecule has 26 heavy (non-hydrogen) atoms. The third kappa shape index (κ3) is 6.07. The molecular formula is C10H16N10O5S. The Bertz CT molecular complexity index is 869. The van der Waals surface area contributed by atoms with Gasteiger partial charge in [0.05, 0.1) is 5.75 Å². The van der Waals surface area contributed by atoms with Gasteiger partial charge in [-0.05, 0) is 0 Å². The van der Waals surface area contributed by atoms with Crippen molar-refractivity contribution in [3.05, 3.63) is 5.82 Å². The molecule has 0 aromatic carbocycles. The summed E-state index contributed by atoms with van der Waals surface area (Å²) in [5.41, 5.74) is 5.40. The Hall–Kier alpha value is -3.11. The maximum atomic E-state index is 10.8. The monoisotopic (exact) mass is 388 g/mol. The fourth-order valence-corrected chi connectivity index (χ4v) is 1.94. The smallest absolute Gasteiger partial charge is 0.373 e. The molecule has 0 unspecified atom stereocenters. The number of rotatable bonds is 10. The first-order chi connectivity index (χ1) is 12.3. The first-order valence-electron chi connectivity index (χ1n) is 7.08. The van der Waals surface area contributed by atoms with Gasteiger partial charge in [0.1, 0.15) is 0 Å². The topological polar surface area (TPSA) is 234 Å². The van der Waals surface area contributed by atoms with Crippen LogP contribution in [0.1, 0.15) is 10.6 Å². The number of nitrogens with two attached hydrogens (primary N) is 1. The number of hydrogen-bond donors (Lipinski definition) is 7. The van der Waals surface area contributed by atoms with Crippen molar-refractivity contribution in [1.29, 1.82) is 0 Å². The van der Waals surface area contributed by atoms with Gasteiger partial charge in [0.25, 0.3) is 10.1 Å². The largest absolute Gasteiger partial charge is 0.475 e. The number of nitrogens with one attached hydrogen (secondary N) is 4. The zero-order valence-corrected chi connectivity index (χ0v) is 14.0. The van der Waals surface area contributed by atoms with Crippen LogP contribution in [0.25, 0.3) is 0 Å². The third-order valence-corrected chi connectivity index (χ3v) is 3.34. The minimum absolute atomic E-state index is 0.000310. The van der Waals surface area contributed by atoms with E-state index < -0.39 is 21.8 Å². The Balaban J connectivity index is 2.16. The predicted molar refractivity (Wildman–Crippen MR) is 88.9 cm³/mol. The summed E-state index contributed by atoms with van der Waals surface area (Å²) < 4.78 is 30.2. The molecule has 0 atom stereocenters. The molecule has 2 aromatic rings. The highest BCUT2D eigenvalue weighted by atomic mass is 32.2. The molecule has 15 nitrogen and oxygen atoms in total. The average Bonchev–Trinajstić information content (AvgIpc) is 3.00. The predicted octanol–water partition coefficient (Wildman–Crippen LogP) is -1.90. The van der Waals surface area contributed by atoms with Crippen LogP contribution in [0.4, 0.5) is 23.8 Å². The summed E-state index contributed by atoms with van der Waals surface area (Å²) in [5.74, 6) is -2.23. The van der Waals surface area contributed by atoms with E-state index in [-0.39, 0.29) is 36.2 Å². The Kier molecular flexibility index (Phi) is 6.15. The zero-order valence-electron chi connectivity index (χ0n) is 13.2. The highest BCUT2D eigenvalue weighted by Gasteiger charge is 2.13. The Morgan fingerprint density at radius 3 is 2.19 bits per heavy atom. The highest BCUT2D eigenvalue weighted by Crippen LogP contribution is 2.12. The van der Waals surface area contributed by atoms with Gasteiger partial charge >= 0.3 is 5.97 Å². The van der Waals surface area contributed by atoms with Crippen LogP contribution in [0, 0.1) is 0 Å². The number of anilines is 4. The number of carboxylic acid groups (broad SMARTS) is 1. The second kappa shape index (κ2) is 8.32. The highest BCUT2D eigenvalue weighted by molar-refractivity contribution is 7.85. The van der Waals surface area contributed by atoms with Crippen LogP contribution in [0.5, 0.6) is 0 Å². The van der Waals surface area contributed by atoms with Crippen molar-refractivity contribution in [2.45, 2.75) is 0 Å². The van der Waals surface area contributed by atoms with E-state index in [1.807, 2.05) is 0 Å². The molecule has 16 heteroatoms. The number of H-pyrrole nitrogens is 1. The van der Waals surface area contributed by atoms with E-state index in [0.717, 1.165) is 0 Å². The van der Waals surface area contributed by atoms with E-state index in [2.05, 4.69) is 46.1 Å². The Labute approximate surface area is 146 Å². The summed E-state index contributed by atoms with van der Waals surface area (Å²) in [4.78, 5) is 26.5. The van der Waals surface area contributed by atoms with Crippen LogP contribution >= 0.6 is 0 Å². The maximum absolute atomic E-state index is 10.8. The molecule has 0 aliphatic rings. The van der Waals surface area contributed by atoms with E-state index in [1.165, 1.54) is 0 Å². The van der Waals surface area contributed by atoms with Gasteiger partial charge in [0.15, 0.2) is 0 Å². The number of carboxylic acids is 1. The quantitative estimate of drug-likeness (QED) is 0.220. The van der Waals surface area contributed by atoms with E-state index in [1.54, 1.807) is 0 Å². The molecule has 8 N–H and O–H groups in total. The lowest BCUT2D eigenvalue weighted by atomic mass is 10.6. The van der Waals surface area contributed by atoms with Gasteiger partial charge in [-0.1, -0.05) is 0 Å². The van der Waals surface area contributed by atoms with Crippen molar-refractivity contribution in [1.82, 2.24) is 30.1 Å². The van der Waals surface area contributed by atoms with E-state index >= 15 is 0 Å². The van der Waals surface area contributed by atoms with Crippen molar-refractivity contribution in [2.24, 2.45) is 5.73 Å². The summed E-state index contributed by atoms with van der Waals surface area (Å²) >= 11 is 0. The molecule has 0 saturated heterocycles. The fourth-order valence-electron chi connectivity index (χ4n) is 1.58. The van der Waals surface area contributed by atoms with Crippen LogP contribution in [0.15, 0.2) is 0 Å². The molecule has 142 valence electrons. The molecule has 0 saturated carbocycles. The summed E-state index contributed by atoms with van der Waals surface area (Å²) in [6, 6.07) is 0. The van der Waals surface area contributed by atoms with Crippen LogP contribution in [0.3, 0.4) is 0 Å². The molecular weight excluding hydrogens is 372 g/mol. The van der Waals surface area contributed by atoms with E-state index in [0.29, 0.717) is 13.1 Å². The Morgan fingerprint density at radius 2 is 1.65 bits per heavy atom. The van der Waals surface area contributed by atoms with Gasteiger partial charge in [0.2, 0.25) is 29.6 Å². The first kappa shape index (κ1) is 19.2. The van der Waals surface area contributed by atoms with E-state index in [9.17, 15) is 13.2 Å². The van der Waals surface area contributed by atoms with Gasteiger partial charge in [-0.25, -0.2) is 4.79 Å². The minimum Gasteiger partial charge on any atom is -0.475 e. The van der Waals surface area contributed by atoms with E-state index in [4.69, 9.17) is 15.4 Å². The number of aromatic amines is 1. The van der Waals surface area contributed by atoms with Crippen molar-refractivity contribution in [3.63, 3.8) is 0 Å². The van der Waals surface area contributed by atoms with Crippen molar-refractivity contribution in [3.8, 4) is 0 Å². The molecule has 0 aliphatic carbocycles.